The molecule has 1 aliphatic rings. The van der Waals surface area contributed by atoms with Crippen LogP contribution >= 0.6 is 0 Å². The molecule has 0 aliphatic heterocycles. The first kappa shape index (κ1) is 13.0. The summed E-state index contributed by atoms with van der Waals surface area (Å²) in [6.07, 6.45) is 1.19. The van der Waals surface area contributed by atoms with Crippen molar-refractivity contribution in [2.45, 2.75) is 38.5 Å². The van der Waals surface area contributed by atoms with Crippen molar-refractivity contribution >= 4 is 5.97 Å². The summed E-state index contributed by atoms with van der Waals surface area (Å²) in [4.78, 5) is 11.3. The van der Waals surface area contributed by atoms with E-state index in [9.17, 15) is 18.7 Å². The average Bonchev–Trinajstić information content (AvgIpc) is 2.79. The molecule has 1 aliphatic carbocycles. The molecular formula is C14H16F2O2. The van der Waals surface area contributed by atoms with E-state index in [4.69, 9.17) is 0 Å². The van der Waals surface area contributed by atoms with Crippen LogP contribution in [0.4, 0.5) is 8.78 Å². The Morgan fingerprint density at radius 2 is 1.94 bits per heavy atom. The van der Waals surface area contributed by atoms with E-state index in [0.717, 1.165) is 0 Å². The van der Waals surface area contributed by atoms with Crippen molar-refractivity contribution in [3.05, 3.63) is 35.4 Å². The third-order valence-corrected chi connectivity index (χ3v) is 3.85. The number of carboxylic acids is 1. The molecule has 0 aromatic heterocycles. The molecule has 18 heavy (non-hydrogen) atoms. The first-order valence-corrected chi connectivity index (χ1v) is 6.08. The standard InChI is InChI=1S/C14H16F2O2/c1-10-5-4-6-11(9-10)14(15,16)13(12(17)18)7-2-3-8-13/h4-6,9H,2-3,7-8H2,1H3,(H,17,18). The Hall–Kier alpha value is -1.45. The maximum Gasteiger partial charge on any atom is 0.316 e. The second kappa shape index (κ2) is 4.34. The van der Waals surface area contributed by atoms with Gasteiger partial charge >= 0.3 is 5.97 Å². The molecule has 0 heterocycles. The van der Waals surface area contributed by atoms with Crippen molar-refractivity contribution in [1.82, 2.24) is 0 Å². The lowest BCUT2D eigenvalue weighted by Gasteiger charge is -2.33. The number of carboxylic acid groups (broad SMARTS) is 1. The molecule has 1 aromatic rings. The molecule has 2 rings (SSSR count). The summed E-state index contributed by atoms with van der Waals surface area (Å²) < 4.78 is 29.1. The van der Waals surface area contributed by atoms with Crippen LogP contribution < -0.4 is 0 Å². The minimum Gasteiger partial charge on any atom is -0.481 e. The molecule has 1 saturated carbocycles. The maximum atomic E-state index is 14.6. The summed E-state index contributed by atoms with van der Waals surface area (Å²) in [6.45, 7) is 1.72. The van der Waals surface area contributed by atoms with Crippen LogP contribution in [0.15, 0.2) is 24.3 Å². The van der Waals surface area contributed by atoms with Gasteiger partial charge in [0.1, 0.15) is 5.41 Å². The van der Waals surface area contributed by atoms with Gasteiger partial charge in [0, 0.05) is 5.56 Å². The number of aryl methyl sites for hydroxylation is 1. The van der Waals surface area contributed by atoms with Crippen molar-refractivity contribution in [2.75, 3.05) is 0 Å². The Bertz CT molecular complexity index is 463. The molecule has 1 fully saturated rings. The lowest BCUT2D eigenvalue weighted by atomic mass is 9.76. The van der Waals surface area contributed by atoms with E-state index in [1.54, 1.807) is 19.1 Å². The molecule has 1 aromatic carbocycles. The fourth-order valence-corrected chi connectivity index (χ4v) is 2.76. The molecular weight excluding hydrogens is 238 g/mol. The molecule has 4 heteroatoms. The third-order valence-electron chi connectivity index (χ3n) is 3.85. The van der Waals surface area contributed by atoms with E-state index in [1.807, 2.05) is 0 Å². The van der Waals surface area contributed by atoms with Crippen molar-refractivity contribution in [1.29, 1.82) is 0 Å². The summed E-state index contributed by atoms with van der Waals surface area (Å²) in [6, 6.07) is 5.96. The molecule has 2 nitrogen and oxygen atoms in total. The first-order chi connectivity index (χ1) is 8.40. The highest BCUT2D eigenvalue weighted by Gasteiger charge is 2.61. The van der Waals surface area contributed by atoms with Gasteiger partial charge in [-0.3, -0.25) is 4.79 Å². The Labute approximate surface area is 105 Å². The number of hydrogen-bond donors (Lipinski definition) is 1. The Morgan fingerprint density at radius 1 is 1.33 bits per heavy atom. The molecule has 98 valence electrons. The zero-order valence-electron chi connectivity index (χ0n) is 10.2. The van der Waals surface area contributed by atoms with Crippen LogP contribution in [0.25, 0.3) is 0 Å². The van der Waals surface area contributed by atoms with Crippen molar-refractivity contribution in [2.24, 2.45) is 5.41 Å². The highest BCUT2D eigenvalue weighted by molar-refractivity contribution is 5.77. The van der Waals surface area contributed by atoms with Gasteiger partial charge < -0.3 is 5.11 Å². The van der Waals surface area contributed by atoms with Crippen molar-refractivity contribution in [3.63, 3.8) is 0 Å². The number of aliphatic carboxylic acids is 1. The van der Waals surface area contributed by atoms with Gasteiger partial charge in [0.15, 0.2) is 0 Å². The minimum absolute atomic E-state index is 0.0449. The molecule has 0 unspecified atom stereocenters. The summed E-state index contributed by atoms with van der Waals surface area (Å²) >= 11 is 0. The van der Waals surface area contributed by atoms with Crippen LogP contribution in [0.1, 0.15) is 36.8 Å². The monoisotopic (exact) mass is 254 g/mol. The fourth-order valence-electron chi connectivity index (χ4n) is 2.76. The number of hydrogen-bond acceptors (Lipinski definition) is 1. The van der Waals surface area contributed by atoms with Crippen LogP contribution in [0.3, 0.4) is 0 Å². The molecule has 0 amide bonds. The van der Waals surface area contributed by atoms with Gasteiger partial charge in [-0.25, -0.2) is 8.78 Å². The van der Waals surface area contributed by atoms with Gasteiger partial charge in [-0.05, 0) is 19.8 Å². The molecule has 0 bridgehead atoms. The predicted molar refractivity (Wildman–Crippen MR) is 63.6 cm³/mol. The summed E-state index contributed by atoms with van der Waals surface area (Å²) in [7, 11) is 0. The highest BCUT2D eigenvalue weighted by Crippen LogP contribution is 2.55. The van der Waals surface area contributed by atoms with Gasteiger partial charge in [0.2, 0.25) is 0 Å². The van der Waals surface area contributed by atoms with Crippen LogP contribution in [-0.2, 0) is 10.7 Å². The molecule has 0 spiro atoms. The Balaban J connectivity index is 2.49. The van der Waals surface area contributed by atoms with Gasteiger partial charge in [-0.1, -0.05) is 42.7 Å². The largest absolute Gasteiger partial charge is 0.481 e. The van der Waals surface area contributed by atoms with Crippen LogP contribution in [0.5, 0.6) is 0 Å². The second-order valence-corrected chi connectivity index (χ2v) is 5.04. The molecule has 0 atom stereocenters. The molecule has 1 N–H and O–H groups in total. The van der Waals surface area contributed by atoms with E-state index in [2.05, 4.69) is 0 Å². The number of alkyl halides is 2. The quantitative estimate of drug-likeness (QED) is 0.892. The summed E-state index contributed by atoms with van der Waals surface area (Å²) in [5.41, 5.74) is -1.40. The number of carbonyl (C=O) groups is 1. The summed E-state index contributed by atoms with van der Waals surface area (Å²) in [5, 5.41) is 9.25. The fraction of sp³-hybridized carbons (Fsp3) is 0.500. The van der Waals surface area contributed by atoms with Crippen LogP contribution in [0, 0.1) is 12.3 Å². The number of halogens is 2. The minimum atomic E-state index is -3.32. The lowest BCUT2D eigenvalue weighted by molar-refractivity contribution is -0.182. The lowest BCUT2D eigenvalue weighted by Crippen LogP contribution is -2.43. The van der Waals surface area contributed by atoms with Gasteiger partial charge in [0.05, 0.1) is 0 Å². The summed E-state index contributed by atoms with van der Waals surface area (Å²) in [5.74, 6) is -4.70. The van der Waals surface area contributed by atoms with E-state index < -0.39 is 17.3 Å². The van der Waals surface area contributed by atoms with E-state index >= 15 is 0 Å². The number of rotatable bonds is 3. The van der Waals surface area contributed by atoms with Gasteiger partial charge in [-0.2, -0.15) is 0 Å². The predicted octanol–water partition coefficient (Wildman–Crippen LogP) is 3.73. The first-order valence-electron chi connectivity index (χ1n) is 6.08. The Morgan fingerprint density at radius 3 is 2.44 bits per heavy atom. The normalized spacial score (nSPS) is 18.8. The van der Waals surface area contributed by atoms with Crippen LogP contribution in [0.2, 0.25) is 0 Å². The third kappa shape index (κ3) is 1.80. The highest BCUT2D eigenvalue weighted by atomic mass is 19.3. The zero-order chi connectivity index (χ0) is 13.4. The zero-order valence-corrected chi connectivity index (χ0v) is 10.2. The van der Waals surface area contributed by atoms with Gasteiger partial charge in [-0.15, -0.1) is 0 Å². The topological polar surface area (TPSA) is 37.3 Å². The van der Waals surface area contributed by atoms with E-state index in [1.165, 1.54) is 12.1 Å². The van der Waals surface area contributed by atoms with E-state index in [-0.39, 0.29) is 18.4 Å². The molecule has 0 radical (unpaired) electrons. The Kier molecular flexibility index (Phi) is 3.13. The molecule has 0 saturated heterocycles. The SMILES string of the molecule is Cc1cccc(C(F)(F)C2(C(=O)O)CCCC2)c1. The smallest absolute Gasteiger partial charge is 0.316 e. The van der Waals surface area contributed by atoms with Crippen molar-refractivity contribution in [3.8, 4) is 0 Å². The van der Waals surface area contributed by atoms with E-state index in [0.29, 0.717) is 18.4 Å². The van der Waals surface area contributed by atoms with Crippen LogP contribution in [-0.4, -0.2) is 11.1 Å². The second-order valence-electron chi connectivity index (χ2n) is 5.04. The average molecular weight is 254 g/mol. The van der Waals surface area contributed by atoms with Crippen molar-refractivity contribution < 1.29 is 18.7 Å². The number of benzene rings is 1. The maximum absolute atomic E-state index is 14.6. The van der Waals surface area contributed by atoms with Gasteiger partial charge in [0.25, 0.3) is 5.92 Å².